The zero-order valence-electron chi connectivity index (χ0n) is 40.7. The molecule has 3 aromatic heterocycles. The van der Waals surface area contributed by atoms with Crippen molar-refractivity contribution in [1.82, 2.24) is 45.4 Å². The van der Waals surface area contributed by atoms with E-state index in [-0.39, 0.29) is 60.1 Å². The van der Waals surface area contributed by atoms with Crippen LogP contribution in [0.5, 0.6) is 5.75 Å². The van der Waals surface area contributed by atoms with E-state index in [1.54, 1.807) is 44.6 Å². The van der Waals surface area contributed by atoms with E-state index in [1.165, 1.54) is 11.3 Å². The number of aromatic nitrogens is 5. The van der Waals surface area contributed by atoms with Gasteiger partial charge in [-0.2, -0.15) is 10.2 Å². The summed E-state index contributed by atoms with van der Waals surface area (Å²) in [5.41, 5.74) is 2.73. The number of likely N-dealkylation sites (tertiary alicyclic amines) is 2. The lowest BCUT2D eigenvalue weighted by Crippen LogP contribution is -2.55. The number of nitrogens with zero attached hydrogens (tertiary/aromatic N) is 6. The molecule has 3 aliphatic carbocycles. The molecule has 18 heteroatoms. The number of aromatic amines is 1. The number of hydrogen-bond acceptors (Lipinski definition) is 11. The predicted octanol–water partition coefficient (Wildman–Crippen LogP) is 7.63. The van der Waals surface area contributed by atoms with Gasteiger partial charge in [-0.05, 0) is 89.1 Å². The van der Waals surface area contributed by atoms with Crippen LogP contribution in [-0.4, -0.2) is 116 Å². The summed E-state index contributed by atoms with van der Waals surface area (Å²) in [6.45, 7) is 7.14. The van der Waals surface area contributed by atoms with Gasteiger partial charge >= 0.3 is 0 Å². The third-order valence-electron chi connectivity index (χ3n) is 16.0. The van der Waals surface area contributed by atoms with Crippen LogP contribution in [0.25, 0.3) is 0 Å². The van der Waals surface area contributed by atoms with Gasteiger partial charge < -0.3 is 30.5 Å². The average molecular weight is 991 g/mol. The molecule has 3 unspecified atom stereocenters. The number of anilines is 1. The zero-order chi connectivity index (χ0) is 49.4. The van der Waals surface area contributed by atoms with E-state index < -0.39 is 35.2 Å². The van der Waals surface area contributed by atoms with Crippen molar-refractivity contribution < 1.29 is 32.7 Å². The first-order chi connectivity index (χ1) is 34.3. The number of hydrogen-bond donors (Lipinski definition) is 4. The van der Waals surface area contributed by atoms with Crippen LogP contribution in [0.3, 0.4) is 0 Å². The Bertz CT molecular complexity index is 2730. The van der Waals surface area contributed by atoms with Crippen molar-refractivity contribution in [3.8, 4) is 5.75 Å². The number of thiazole rings is 1. The number of ether oxygens (including phenoxy) is 1. The number of amides is 3. The number of carbonyl (C=O) groups is 4. The van der Waals surface area contributed by atoms with Gasteiger partial charge in [0.1, 0.15) is 22.5 Å². The van der Waals surface area contributed by atoms with E-state index in [9.17, 15) is 28.0 Å². The van der Waals surface area contributed by atoms with E-state index in [4.69, 9.17) is 9.72 Å². The van der Waals surface area contributed by atoms with E-state index in [1.807, 2.05) is 46.1 Å². The fraction of sp³-hybridized carbons (Fsp3) is 0.528. The number of alkyl halides is 2. The maximum absolute atomic E-state index is 14.5. The first-order valence-corrected chi connectivity index (χ1v) is 26.3. The second kappa shape index (κ2) is 20.3. The van der Waals surface area contributed by atoms with E-state index in [0.717, 1.165) is 88.0 Å². The zero-order valence-corrected chi connectivity index (χ0v) is 41.5. The number of rotatable bonds is 19. The Morgan fingerprint density at radius 1 is 0.986 bits per heavy atom. The molecule has 0 bridgehead atoms. The summed E-state index contributed by atoms with van der Waals surface area (Å²) in [7, 11) is 1.74. The van der Waals surface area contributed by atoms with Gasteiger partial charge in [-0.1, -0.05) is 68.7 Å². The SMILES string of the molecule is CNC(C)C(=O)NC(C(=O)N1CCC[C@H]1c1nc(C(=O)c2cccc(OCCCCN3CC(C(c4ccccc4)n4cc(NC(=O)c5n[nH]c6c5C[C@@H]5C(F)(F)[C@]5(C)C6)cn4)C3)c2)cs1)C1CCCCC1. The summed E-state index contributed by atoms with van der Waals surface area (Å²) in [4.78, 5) is 63.6. The van der Waals surface area contributed by atoms with Crippen LogP contribution in [0.4, 0.5) is 14.5 Å². The van der Waals surface area contributed by atoms with E-state index in [0.29, 0.717) is 47.1 Å². The summed E-state index contributed by atoms with van der Waals surface area (Å²) in [6.07, 6.45) is 12.2. The number of unbranched alkanes of at least 4 members (excludes halogenated alkanes) is 1. The van der Waals surface area contributed by atoms with Crippen LogP contribution in [0.2, 0.25) is 0 Å². The smallest absolute Gasteiger partial charge is 0.276 e. The Labute approximate surface area is 416 Å². The third kappa shape index (κ3) is 9.78. The molecule has 15 nitrogen and oxygen atoms in total. The van der Waals surface area contributed by atoms with Crippen LogP contribution in [0.15, 0.2) is 72.4 Å². The first-order valence-electron chi connectivity index (χ1n) is 25.4. The molecule has 71 heavy (non-hydrogen) atoms. The van der Waals surface area contributed by atoms with Crippen molar-refractivity contribution in [2.24, 2.45) is 23.2 Å². The maximum Gasteiger partial charge on any atom is 0.276 e. The van der Waals surface area contributed by atoms with Crippen LogP contribution in [-0.2, 0) is 22.4 Å². The number of ketones is 1. The molecule has 3 amide bonds. The minimum absolute atomic E-state index is 0.0570. The quantitative estimate of drug-likeness (QED) is 0.0475. The minimum atomic E-state index is -2.74. The van der Waals surface area contributed by atoms with Gasteiger partial charge in [0.05, 0.1) is 36.6 Å². The van der Waals surface area contributed by atoms with Crippen molar-refractivity contribution in [2.45, 2.75) is 115 Å². The van der Waals surface area contributed by atoms with Gasteiger partial charge in [0.2, 0.25) is 17.6 Å². The Morgan fingerprint density at radius 2 is 1.79 bits per heavy atom. The molecule has 2 aromatic carbocycles. The first kappa shape index (κ1) is 48.8. The standard InChI is InChI=1S/C53H64F2N10O5S/c1-32(56-3)48(67)60-44(33-14-6-4-7-15-33)51(69)64-22-13-20-42(64)50-59-41(31-71-50)47(66)35-18-12-19-38(24-35)70-23-11-10-21-63-28-36(29-63)46(34-16-8-5-9-17-34)65-30-37(27-57-65)58-49(68)45-39-25-43-52(2,53(43,54)55)26-40(39)61-62-45/h5,8-9,12,16-19,24,27,30-33,36,42-44,46,56H,4,6-7,10-11,13-15,20-23,25-26,28-29H2,1-3H3,(H,58,68)(H,60,67)(H,61,62)/t32?,42-,43-,44?,46?,52+/m0/s1. The molecule has 5 heterocycles. The minimum Gasteiger partial charge on any atom is -0.494 e. The Hall–Kier alpha value is -5.85. The van der Waals surface area contributed by atoms with E-state index >= 15 is 0 Å². The molecule has 376 valence electrons. The maximum atomic E-state index is 14.5. The molecular weight excluding hydrogens is 927 g/mol. The molecule has 2 aliphatic heterocycles. The van der Waals surface area contributed by atoms with Crippen LogP contribution in [0.1, 0.15) is 132 Å². The van der Waals surface area contributed by atoms with E-state index in [2.05, 4.69) is 48.3 Å². The highest BCUT2D eigenvalue weighted by molar-refractivity contribution is 7.10. The second-order valence-corrected chi connectivity index (χ2v) is 21.5. The number of halogens is 2. The summed E-state index contributed by atoms with van der Waals surface area (Å²) in [5.74, 6) is -3.40. The monoisotopic (exact) mass is 990 g/mol. The number of likely N-dealkylation sites (N-methyl/N-ethyl adjacent to an activating group) is 1. The number of benzene rings is 2. The van der Waals surface area contributed by atoms with Gasteiger partial charge in [0.15, 0.2) is 5.69 Å². The summed E-state index contributed by atoms with van der Waals surface area (Å²) in [6, 6.07) is 16.1. The topological polar surface area (TPSA) is 179 Å². The lowest BCUT2D eigenvalue weighted by atomic mass is 9.83. The largest absolute Gasteiger partial charge is 0.494 e. The van der Waals surface area contributed by atoms with Crippen LogP contribution < -0.4 is 20.7 Å². The number of carbonyl (C=O) groups excluding carboxylic acids is 4. The highest BCUT2D eigenvalue weighted by atomic mass is 32.1. The highest BCUT2D eigenvalue weighted by Crippen LogP contribution is 2.70. The van der Waals surface area contributed by atoms with Gasteiger partial charge in [-0.25, -0.2) is 13.8 Å². The van der Waals surface area contributed by atoms with Crippen molar-refractivity contribution in [2.75, 3.05) is 45.2 Å². The van der Waals surface area contributed by atoms with Crippen molar-refractivity contribution in [3.63, 3.8) is 0 Å². The summed E-state index contributed by atoms with van der Waals surface area (Å²) >= 11 is 1.40. The molecule has 0 spiro atoms. The number of fused-ring (bicyclic) bond motifs is 2. The molecule has 5 aliphatic rings. The van der Waals surface area contributed by atoms with Gasteiger partial charge in [0, 0.05) is 71.7 Å². The average Bonchev–Trinajstić information content (AvgIpc) is 4.13. The fourth-order valence-electron chi connectivity index (χ4n) is 11.6. The number of nitrogens with one attached hydrogen (secondary N) is 4. The van der Waals surface area contributed by atoms with Crippen molar-refractivity contribution >= 4 is 40.5 Å². The van der Waals surface area contributed by atoms with Crippen molar-refractivity contribution in [3.05, 3.63) is 111 Å². The summed E-state index contributed by atoms with van der Waals surface area (Å²) < 4.78 is 37.1. The number of H-pyrrole nitrogens is 1. The lowest BCUT2D eigenvalue weighted by molar-refractivity contribution is -0.139. The molecule has 4 fully saturated rings. The fourth-order valence-corrected chi connectivity index (χ4v) is 12.5. The molecule has 6 atom stereocenters. The van der Waals surface area contributed by atoms with Crippen LogP contribution in [0, 0.1) is 23.2 Å². The van der Waals surface area contributed by atoms with Crippen LogP contribution >= 0.6 is 11.3 Å². The lowest BCUT2D eigenvalue weighted by Gasteiger charge is -2.43. The molecule has 2 saturated carbocycles. The Kier molecular flexibility index (Phi) is 14.0. The molecule has 4 N–H and O–H groups in total. The second-order valence-electron chi connectivity index (χ2n) is 20.6. The molecule has 10 rings (SSSR count). The third-order valence-corrected chi connectivity index (χ3v) is 17.0. The normalized spacial score (nSPS) is 23.2. The predicted molar refractivity (Wildman–Crippen MR) is 265 cm³/mol. The van der Waals surface area contributed by atoms with Gasteiger partial charge in [-0.3, -0.25) is 29.0 Å². The molecule has 5 aromatic rings. The molecule has 2 saturated heterocycles. The Balaban J connectivity index is 0.695. The van der Waals surface area contributed by atoms with Gasteiger partial charge in [0.25, 0.3) is 11.8 Å². The summed E-state index contributed by atoms with van der Waals surface area (Å²) in [5, 5.41) is 23.3. The van der Waals surface area contributed by atoms with Gasteiger partial charge in [-0.15, -0.1) is 11.3 Å². The Morgan fingerprint density at radius 3 is 2.58 bits per heavy atom. The highest BCUT2D eigenvalue weighted by Gasteiger charge is 2.78. The molecular formula is C53H64F2N10O5S. The van der Waals surface area contributed by atoms with Crippen molar-refractivity contribution in [1.29, 1.82) is 0 Å². The molecule has 0 radical (unpaired) electrons.